The van der Waals surface area contributed by atoms with E-state index in [9.17, 15) is 14.4 Å². The molecule has 1 aromatic carbocycles. The first kappa shape index (κ1) is 28.5. The highest BCUT2D eigenvalue weighted by molar-refractivity contribution is 6.35. The number of piperidine rings is 1. The van der Waals surface area contributed by atoms with Gasteiger partial charge in [0.15, 0.2) is 12.2 Å². The average Bonchev–Trinajstić information content (AvgIpc) is 3.33. The van der Waals surface area contributed by atoms with Gasteiger partial charge in [-0.25, -0.2) is 9.59 Å². The standard InChI is InChI=1S/C20H25ClN4O2.C4H6O6/c1-27-7-3-6-25-10-15-14(16(15)11-25)9-24-20(26)13-8-17(21)18(22)12-4-2-5-23-19(12)13;5-1(3(7)8)2(6)4(9)10/h2,4-5,8,14-16H,3,6-7,9-11,22H2,1H3,(H,24,26);1-2,5-6H,(H,7,8)(H,9,10). The lowest BCUT2D eigenvalue weighted by atomic mass is 10.1. The van der Waals surface area contributed by atoms with Gasteiger partial charge >= 0.3 is 11.9 Å². The molecule has 1 aromatic heterocycles. The Balaban J connectivity index is 0.000000325. The zero-order valence-electron chi connectivity index (χ0n) is 20.2. The SMILES string of the molecule is COCCCN1CC2C(CNC(=O)c3cc(Cl)c(N)c4cccnc34)C2C1.O=C(O)C(O)C(O)C(=O)O. The number of amides is 1. The topological polar surface area (TPSA) is 196 Å². The van der Waals surface area contributed by atoms with Crippen LogP contribution in [0, 0.1) is 17.8 Å². The van der Waals surface area contributed by atoms with Crippen LogP contribution in [0.2, 0.25) is 5.02 Å². The average molecular weight is 539 g/mol. The van der Waals surface area contributed by atoms with Crippen molar-refractivity contribution in [2.24, 2.45) is 17.8 Å². The number of pyridine rings is 1. The fourth-order valence-corrected chi connectivity index (χ4v) is 4.85. The predicted octanol–water partition coefficient (Wildman–Crippen LogP) is 0.292. The van der Waals surface area contributed by atoms with Gasteiger partial charge in [-0.3, -0.25) is 9.78 Å². The molecule has 1 aliphatic carbocycles. The largest absolute Gasteiger partial charge is 0.479 e. The summed E-state index contributed by atoms with van der Waals surface area (Å²) in [6.45, 7) is 4.88. The Bertz CT molecular complexity index is 1120. The molecule has 37 heavy (non-hydrogen) atoms. The summed E-state index contributed by atoms with van der Waals surface area (Å²) in [5.74, 6) is -1.68. The lowest BCUT2D eigenvalue weighted by Crippen LogP contribution is -2.39. The van der Waals surface area contributed by atoms with Crippen LogP contribution in [0.25, 0.3) is 10.9 Å². The number of methoxy groups -OCH3 is 1. The number of aliphatic hydroxyl groups is 2. The van der Waals surface area contributed by atoms with Crippen molar-refractivity contribution in [1.82, 2.24) is 15.2 Å². The van der Waals surface area contributed by atoms with Crippen LogP contribution in [-0.4, -0.2) is 100 Å². The number of nitrogens with zero attached hydrogens (tertiary/aromatic N) is 2. The minimum atomic E-state index is -2.27. The summed E-state index contributed by atoms with van der Waals surface area (Å²) in [5.41, 5.74) is 7.56. The van der Waals surface area contributed by atoms with Crippen LogP contribution < -0.4 is 11.1 Å². The van der Waals surface area contributed by atoms with E-state index in [-0.39, 0.29) is 5.91 Å². The molecule has 4 rings (SSSR count). The maximum atomic E-state index is 12.7. The number of likely N-dealkylation sites (tertiary alicyclic amines) is 1. The van der Waals surface area contributed by atoms with E-state index in [1.54, 1.807) is 25.4 Å². The molecular formula is C24H31ClN4O8. The molecule has 1 saturated heterocycles. The number of aliphatic carboxylic acids is 2. The number of nitrogen functional groups attached to an aromatic ring is 1. The molecule has 1 aliphatic heterocycles. The lowest BCUT2D eigenvalue weighted by molar-refractivity contribution is -0.165. The van der Waals surface area contributed by atoms with Crippen molar-refractivity contribution < 1.29 is 39.5 Å². The number of aliphatic hydroxyl groups excluding tert-OH is 2. The molecule has 2 aliphatic rings. The van der Waals surface area contributed by atoms with Gasteiger partial charge in [0.05, 0.1) is 21.8 Å². The van der Waals surface area contributed by atoms with Gasteiger partial charge in [0, 0.05) is 51.5 Å². The van der Waals surface area contributed by atoms with E-state index in [0.29, 0.717) is 51.5 Å². The molecule has 2 aromatic rings. The maximum Gasteiger partial charge on any atom is 0.335 e. The molecule has 4 atom stereocenters. The lowest BCUT2D eigenvalue weighted by Gasteiger charge is -2.19. The molecule has 0 spiro atoms. The smallest absolute Gasteiger partial charge is 0.335 e. The third kappa shape index (κ3) is 6.84. The highest BCUT2D eigenvalue weighted by Gasteiger charge is 2.54. The Kier molecular flexibility index (Phi) is 9.62. The van der Waals surface area contributed by atoms with E-state index < -0.39 is 24.1 Å². The summed E-state index contributed by atoms with van der Waals surface area (Å²) in [4.78, 5) is 39.1. The van der Waals surface area contributed by atoms with Gasteiger partial charge < -0.3 is 41.1 Å². The highest BCUT2D eigenvalue weighted by atomic mass is 35.5. The van der Waals surface area contributed by atoms with Gasteiger partial charge in [0.1, 0.15) is 0 Å². The molecule has 12 nitrogen and oxygen atoms in total. The van der Waals surface area contributed by atoms with Crippen LogP contribution >= 0.6 is 11.6 Å². The van der Waals surface area contributed by atoms with E-state index in [2.05, 4.69) is 15.2 Å². The van der Waals surface area contributed by atoms with Gasteiger partial charge in [-0.2, -0.15) is 0 Å². The predicted molar refractivity (Wildman–Crippen MR) is 134 cm³/mol. The number of nitrogens with two attached hydrogens (primary N) is 1. The molecule has 0 bridgehead atoms. The second-order valence-electron chi connectivity index (χ2n) is 9.09. The summed E-state index contributed by atoms with van der Waals surface area (Å²) < 4.78 is 5.12. The summed E-state index contributed by atoms with van der Waals surface area (Å²) in [5, 5.41) is 36.7. The van der Waals surface area contributed by atoms with Gasteiger partial charge in [0.2, 0.25) is 0 Å². The van der Waals surface area contributed by atoms with Crippen molar-refractivity contribution in [2.75, 3.05) is 45.6 Å². The van der Waals surface area contributed by atoms with Gasteiger partial charge in [0.25, 0.3) is 5.91 Å². The number of benzene rings is 1. The Morgan fingerprint density at radius 2 is 1.84 bits per heavy atom. The minimum Gasteiger partial charge on any atom is -0.479 e. The number of nitrogens with one attached hydrogen (secondary N) is 1. The summed E-state index contributed by atoms with van der Waals surface area (Å²) in [7, 11) is 1.74. The van der Waals surface area contributed by atoms with Crippen molar-refractivity contribution in [3.05, 3.63) is 35.0 Å². The van der Waals surface area contributed by atoms with E-state index in [4.69, 9.17) is 42.5 Å². The van der Waals surface area contributed by atoms with Gasteiger partial charge in [-0.05, 0) is 42.4 Å². The number of hydrogen-bond acceptors (Lipinski definition) is 9. The molecule has 202 valence electrons. The number of anilines is 1. The molecule has 4 unspecified atom stereocenters. The van der Waals surface area contributed by atoms with Crippen LogP contribution in [0.3, 0.4) is 0 Å². The number of carboxylic acid groups (broad SMARTS) is 2. The zero-order valence-corrected chi connectivity index (χ0v) is 21.0. The fraction of sp³-hybridized carbons (Fsp3) is 0.500. The zero-order chi connectivity index (χ0) is 27.3. The molecule has 2 fully saturated rings. The second kappa shape index (κ2) is 12.5. The van der Waals surface area contributed by atoms with Gasteiger partial charge in [-0.15, -0.1) is 0 Å². The monoisotopic (exact) mass is 538 g/mol. The number of carbonyl (C=O) groups excluding carboxylic acids is 1. The van der Waals surface area contributed by atoms with Crippen LogP contribution in [0.15, 0.2) is 24.4 Å². The Morgan fingerprint density at radius 3 is 2.41 bits per heavy atom. The van der Waals surface area contributed by atoms with Crippen LogP contribution in [0.5, 0.6) is 0 Å². The summed E-state index contributed by atoms with van der Waals surface area (Å²) >= 11 is 6.21. The molecule has 13 heteroatoms. The van der Waals surface area contributed by atoms with Crippen LogP contribution in [-0.2, 0) is 14.3 Å². The molecular weight excluding hydrogens is 508 g/mol. The quantitative estimate of drug-likeness (QED) is 0.180. The van der Waals surface area contributed by atoms with E-state index >= 15 is 0 Å². The van der Waals surface area contributed by atoms with Crippen molar-refractivity contribution >= 4 is 46.0 Å². The Labute approximate surface area is 218 Å². The number of aromatic nitrogens is 1. The first-order valence-corrected chi connectivity index (χ1v) is 12.1. The number of rotatable bonds is 10. The van der Waals surface area contributed by atoms with Crippen molar-refractivity contribution in [3.8, 4) is 0 Å². The van der Waals surface area contributed by atoms with Gasteiger partial charge in [-0.1, -0.05) is 11.6 Å². The summed E-state index contributed by atoms with van der Waals surface area (Å²) in [6, 6.07) is 5.25. The molecule has 2 heterocycles. The first-order chi connectivity index (χ1) is 17.6. The third-order valence-electron chi connectivity index (χ3n) is 6.70. The Morgan fingerprint density at radius 1 is 1.22 bits per heavy atom. The summed E-state index contributed by atoms with van der Waals surface area (Å²) in [6.07, 6.45) is -1.79. The van der Waals surface area contributed by atoms with Crippen LogP contribution in [0.4, 0.5) is 5.69 Å². The first-order valence-electron chi connectivity index (χ1n) is 11.7. The Hall–Kier alpha value is -3.03. The number of halogens is 1. The van der Waals surface area contributed by atoms with E-state index in [1.807, 2.05) is 6.07 Å². The minimum absolute atomic E-state index is 0.137. The second-order valence-corrected chi connectivity index (χ2v) is 9.50. The molecule has 1 amide bonds. The number of carboxylic acids is 2. The fourth-order valence-electron chi connectivity index (χ4n) is 4.64. The number of ether oxygens (including phenoxy) is 1. The van der Waals surface area contributed by atoms with Crippen LogP contribution in [0.1, 0.15) is 16.8 Å². The maximum absolute atomic E-state index is 12.7. The number of hydrogen-bond donors (Lipinski definition) is 6. The van der Waals surface area contributed by atoms with E-state index in [0.717, 1.165) is 32.7 Å². The van der Waals surface area contributed by atoms with Crippen molar-refractivity contribution in [3.63, 3.8) is 0 Å². The normalized spacial score (nSPS) is 21.9. The third-order valence-corrected chi connectivity index (χ3v) is 7.01. The number of fused-ring (bicyclic) bond motifs is 2. The highest BCUT2D eigenvalue weighted by Crippen LogP contribution is 2.51. The molecule has 1 saturated carbocycles. The number of carbonyl (C=O) groups is 3. The van der Waals surface area contributed by atoms with E-state index in [1.165, 1.54) is 0 Å². The molecule has 7 N–H and O–H groups in total. The molecule has 0 radical (unpaired) electrons. The van der Waals surface area contributed by atoms with Crippen molar-refractivity contribution in [2.45, 2.75) is 18.6 Å². The van der Waals surface area contributed by atoms with Crippen molar-refractivity contribution in [1.29, 1.82) is 0 Å².